The fourth-order valence-corrected chi connectivity index (χ4v) is 1.33. The Morgan fingerprint density at radius 1 is 1.57 bits per heavy atom. The van der Waals surface area contributed by atoms with E-state index in [0.29, 0.717) is 0 Å². The number of anilines is 1. The lowest BCUT2D eigenvalue weighted by atomic mass is 10.5. The van der Waals surface area contributed by atoms with Crippen molar-refractivity contribution in [2.75, 3.05) is 4.72 Å². The summed E-state index contributed by atoms with van der Waals surface area (Å²) in [4.78, 5) is 10.7. The third-order valence-corrected chi connectivity index (χ3v) is 3.44. The third-order valence-electron chi connectivity index (χ3n) is 1.60. The summed E-state index contributed by atoms with van der Waals surface area (Å²) in [6.07, 6.45) is 0. The minimum Gasteiger partial charge on any atom is -0.282 e. The molecule has 6 nitrogen and oxygen atoms in total. The maximum absolute atomic E-state index is 11.6. The molecule has 1 aromatic rings. The molecule has 78 valence electrons. The average Bonchev–Trinajstić information content (AvgIpc) is 2.08. The van der Waals surface area contributed by atoms with E-state index < -0.39 is 9.92 Å². The van der Waals surface area contributed by atoms with Crippen molar-refractivity contribution in [2.45, 2.75) is 19.1 Å². The molecule has 0 spiro atoms. The van der Waals surface area contributed by atoms with Gasteiger partial charge in [-0.25, -0.2) is 14.1 Å². The summed E-state index contributed by atoms with van der Waals surface area (Å²) >= 11 is 0. The van der Waals surface area contributed by atoms with E-state index in [1.165, 1.54) is 12.1 Å². The van der Waals surface area contributed by atoms with Gasteiger partial charge < -0.3 is 0 Å². The Balaban J connectivity index is 2.90. The second-order valence-corrected chi connectivity index (χ2v) is 5.41. The van der Waals surface area contributed by atoms with Crippen molar-refractivity contribution in [1.29, 1.82) is 4.78 Å². The van der Waals surface area contributed by atoms with E-state index in [4.69, 9.17) is 4.78 Å². The summed E-state index contributed by atoms with van der Waals surface area (Å²) in [6, 6.07) is 2.64. The number of aromatic amines is 1. The second kappa shape index (κ2) is 3.79. The number of hydrogen-bond acceptors (Lipinski definition) is 4. The summed E-state index contributed by atoms with van der Waals surface area (Å²) in [5.41, 5.74) is -0.337. The number of nitrogens with zero attached hydrogens (tertiary/aromatic N) is 1. The molecule has 0 saturated carbocycles. The number of aromatic nitrogens is 2. The van der Waals surface area contributed by atoms with E-state index in [-0.39, 0.29) is 16.6 Å². The van der Waals surface area contributed by atoms with Gasteiger partial charge in [-0.3, -0.25) is 9.52 Å². The lowest BCUT2D eigenvalue weighted by Crippen LogP contribution is -2.22. The van der Waals surface area contributed by atoms with Crippen LogP contribution in [0.2, 0.25) is 0 Å². The van der Waals surface area contributed by atoms with Gasteiger partial charge in [0, 0.05) is 6.07 Å². The summed E-state index contributed by atoms with van der Waals surface area (Å²) in [5, 5.41) is 5.46. The fourth-order valence-electron chi connectivity index (χ4n) is 0.675. The smallest absolute Gasteiger partial charge is 0.264 e. The van der Waals surface area contributed by atoms with Crippen molar-refractivity contribution < 1.29 is 4.21 Å². The van der Waals surface area contributed by atoms with Gasteiger partial charge in [0.15, 0.2) is 5.82 Å². The highest BCUT2D eigenvalue weighted by Crippen LogP contribution is 2.06. The molecule has 1 atom stereocenters. The van der Waals surface area contributed by atoms with Gasteiger partial charge in [0.1, 0.15) is 9.92 Å². The van der Waals surface area contributed by atoms with Crippen LogP contribution in [0.25, 0.3) is 0 Å². The quantitative estimate of drug-likeness (QED) is 0.688. The fraction of sp³-hybridized carbons (Fsp3) is 0.429. The molecule has 0 saturated heterocycles. The molecule has 0 bridgehead atoms. The molecule has 0 amide bonds. The number of nitrogens with one attached hydrogen (secondary N) is 3. The van der Waals surface area contributed by atoms with Crippen LogP contribution < -0.4 is 10.3 Å². The lowest BCUT2D eigenvalue weighted by Gasteiger charge is -2.12. The van der Waals surface area contributed by atoms with Gasteiger partial charge in [0.25, 0.3) is 5.56 Å². The summed E-state index contributed by atoms with van der Waals surface area (Å²) in [6.45, 7) is 3.35. The Morgan fingerprint density at radius 2 is 2.21 bits per heavy atom. The third kappa shape index (κ3) is 2.56. The van der Waals surface area contributed by atoms with Crippen LogP contribution in [-0.2, 0) is 9.92 Å². The van der Waals surface area contributed by atoms with Gasteiger partial charge in [-0.1, -0.05) is 0 Å². The van der Waals surface area contributed by atoms with Crippen molar-refractivity contribution in [2.24, 2.45) is 0 Å². The minimum atomic E-state index is -2.90. The van der Waals surface area contributed by atoms with Crippen LogP contribution in [0.15, 0.2) is 16.9 Å². The van der Waals surface area contributed by atoms with Gasteiger partial charge in [-0.05, 0) is 19.9 Å². The molecule has 1 unspecified atom stereocenters. The van der Waals surface area contributed by atoms with Gasteiger partial charge in [-0.2, -0.15) is 5.10 Å². The first kappa shape index (κ1) is 10.7. The number of rotatable bonds is 3. The highest BCUT2D eigenvalue weighted by Gasteiger charge is 2.11. The zero-order chi connectivity index (χ0) is 10.8. The van der Waals surface area contributed by atoms with E-state index >= 15 is 0 Å². The maximum atomic E-state index is 11.6. The largest absolute Gasteiger partial charge is 0.282 e. The summed E-state index contributed by atoms with van der Waals surface area (Å²) < 4.78 is 21.5. The van der Waals surface area contributed by atoms with Crippen LogP contribution in [0.4, 0.5) is 5.82 Å². The molecule has 1 rings (SSSR count). The Labute approximate surface area is 81.8 Å². The average molecular weight is 216 g/mol. The van der Waals surface area contributed by atoms with Gasteiger partial charge in [0.05, 0.1) is 5.25 Å². The number of H-pyrrole nitrogens is 1. The maximum Gasteiger partial charge on any atom is 0.264 e. The predicted molar refractivity (Wildman–Crippen MR) is 54.5 cm³/mol. The van der Waals surface area contributed by atoms with Crippen LogP contribution in [0.1, 0.15) is 13.8 Å². The zero-order valence-electron chi connectivity index (χ0n) is 7.90. The zero-order valence-corrected chi connectivity index (χ0v) is 8.72. The summed E-state index contributed by atoms with van der Waals surface area (Å²) in [5.74, 6) is 0.235. The molecular formula is C7H12N4O2S. The van der Waals surface area contributed by atoms with Crippen molar-refractivity contribution in [1.82, 2.24) is 10.2 Å². The number of hydrogen-bond donors (Lipinski definition) is 3. The first-order valence-corrected chi connectivity index (χ1v) is 5.65. The standard InChI is InChI=1S/C7H12N4O2S/c1-5(2)14(8,13)11-6-3-4-7(12)10-9-6/h3-5H,1-2H3,(H,10,12)(H2,8,9,11,13). The van der Waals surface area contributed by atoms with Crippen molar-refractivity contribution in [3.05, 3.63) is 22.5 Å². The molecule has 0 aromatic carbocycles. The first-order valence-electron chi connectivity index (χ1n) is 4.03. The molecule has 1 heterocycles. The molecule has 0 aliphatic rings. The Hall–Kier alpha value is -1.37. The molecule has 0 radical (unpaired) electrons. The normalized spacial score (nSPS) is 15.1. The SMILES string of the molecule is CC(C)S(=N)(=O)Nc1ccc(=O)[nH]n1. The molecule has 0 aliphatic heterocycles. The highest BCUT2D eigenvalue weighted by molar-refractivity contribution is 7.94. The summed E-state index contributed by atoms with van der Waals surface area (Å²) in [7, 11) is -2.90. The topological polar surface area (TPSA) is 98.7 Å². The molecule has 0 fully saturated rings. The van der Waals surface area contributed by atoms with Crippen LogP contribution in [0.5, 0.6) is 0 Å². The van der Waals surface area contributed by atoms with Gasteiger partial charge in [-0.15, -0.1) is 0 Å². The van der Waals surface area contributed by atoms with Crippen molar-refractivity contribution in [3.63, 3.8) is 0 Å². The minimum absolute atomic E-state index is 0.235. The monoisotopic (exact) mass is 216 g/mol. The molecule has 0 aliphatic carbocycles. The Morgan fingerprint density at radius 3 is 2.64 bits per heavy atom. The van der Waals surface area contributed by atoms with Crippen LogP contribution >= 0.6 is 0 Å². The van der Waals surface area contributed by atoms with Crippen LogP contribution in [-0.4, -0.2) is 19.7 Å². The van der Waals surface area contributed by atoms with Crippen molar-refractivity contribution >= 4 is 15.7 Å². The Kier molecular flexibility index (Phi) is 2.90. The van der Waals surface area contributed by atoms with E-state index in [9.17, 15) is 9.00 Å². The second-order valence-electron chi connectivity index (χ2n) is 3.06. The Bertz CT molecular complexity index is 442. The van der Waals surface area contributed by atoms with E-state index in [1.54, 1.807) is 13.8 Å². The predicted octanol–water partition coefficient (Wildman–Crippen LogP) is 0.552. The molecule has 3 N–H and O–H groups in total. The van der Waals surface area contributed by atoms with Gasteiger partial charge >= 0.3 is 0 Å². The highest BCUT2D eigenvalue weighted by atomic mass is 32.2. The lowest BCUT2D eigenvalue weighted by molar-refractivity contribution is 0.671. The van der Waals surface area contributed by atoms with Crippen molar-refractivity contribution in [3.8, 4) is 0 Å². The van der Waals surface area contributed by atoms with E-state index in [1.807, 2.05) is 0 Å². The van der Waals surface area contributed by atoms with Gasteiger partial charge in [0.2, 0.25) is 0 Å². The molecule has 7 heteroatoms. The molecule has 14 heavy (non-hydrogen) atoms. The van der Waals surface area contributed by atoms with Crippen LogP contribution in [0.3, 0.4) is 0 Å². The van der Waals surface area contributed by atoms with E-state index in [0.717, 1.165) is 0 Å². The van der Waals surface area contributed by atoms with E-state index in [2.05, 4.69) is 14.9 Å². The van der Waals surface area contributed by atoms with Crippen LogP contribution in [0, 0.1) is 4.78 Å². The first-order chi connectivity index (χ1) is 6.42. The molecular weight excluding hydrogens is 204 g/mol. The molecule has 1 aromatic heterocycles.